The fourth-order valence-electron chi connectivity index (χ4n) is 5.41. The van der Waals surface area contributed by atoms with E-state index in [-0.39, 0.29) is 23.2 Å². The van der Waals surface area contributed by atoms with Gasteiger partial charge in [0, 0.05) is 12.8 Å². The van der Waals surface area contributed by atoms with Crippen molar-refractivity contribution in [2.24, 2.45) is 35.0 Å². The SMILES string of the molecule is COC(=O)[C@H]1[C@H]2CC[C@H]3[C@@H]1CC(=O)CC(C)(C)[C@@H]23. The molecule has 3 saturated carbocycles. The maximum atomic E-state index is 12.1. The summed E-state index contributed by atoms with van der Waals surface area (Å²) >= 11 is 0. The summed E-state index contributed by atoms with van der Waals surface area (Å²) in [6.45, 7) is 4.42. The molecule has 0 aliphatic heterocycles. The van der Waals surface area contributed by atoms with Gasteiger partial charge in [-0.2, -0.15) is 0 Å². The molecule has 5 atom stereocenters. The predicted molar refractivity (Wildman–Crippen MR) is 66.7 cm³/mol. The topological polar surface area (TPSA) is 43.4 Å². The first-order valence-electron chi connectivity index (χ1n) is 7.05. The maximum absolute atomic E-state index is 12.1. The third kappa shape index (κ3) is 1.49. The second kappa shape index (κ2) is 3.82. The van der Waals surface area contributed by atoms with Crippen molar-refractivity contribution in [3.05, 3.63) is 0 Å². The van der Waals surface area contributed by atoms with E-state index in [9.17, 15) is 9.59 Å². The lowest BCUT2D eigenvalue weighted by atomic mass is 9.69. The van der Waals surface area contributed by atoms with Crippen LogP contribution >= 0.6 is 0 Å². The summed E-state index contributed by atoms with van der Waals surface area (Å²) in [4.78, 5) is 24.1. The van der Waals surface area contributed by atoms with Gasteiger partial charge in [-0.05, 0) is 41.9 Å². The minimum atomic E-state index is -0.0808. The molecule has 0 aromatic rings. The van der Waals surface area contributed by atoms with Crippen LogP contribution in [-0.4, -0.2) is 18.9 Å². The second-order valence-corrected chi connectivity index (χ2v) is 7.05. The first-order valence-corrected chi connectivity index (χ1v) is 7.05. The van der Waals surface area contributed by atoms with Crippen LogP contribution in [-0.2, 0) is 14.3 Å². The minimum absolute atomic E-state index is 0.0118. The largest absolute Gasteiger partial charge is 0.469 e. The van der Waals surface area contributed by atoms with E-state index in [4.69, 9.17) is 4.74 Å². The van der Waals surface area contributed by atoms with Crippen LogP contribution in [0.4, 0.5) is 0 Å². The van der Waals surface area contributed by atoms with Crippen LogP contribution in [0.5, 0.6) is 0 Å². The molecule has 0 N–H and O–H groups in total. The van der Waals surface area contributed by atoms with Gasteiger partial charge in [0.25, 0.3) is 0 Å². The Kier molecular flexibility index (Phi) is 2.58. The van der Waals surface area contributed by atoms with Gasteiger partial charge in [-0.25, -0.2) is 0 Å². The number of Topliss-reactive ketones (excluding diaryl/α,β-unsaturated/α-hetero) is 1. The van der Waals surface area contributed by atoms with E-state index < -0.39 is 0 Å². The van der Waals surface area contributed by atoms with Gasteiger partial charge in [-0.3, -0.25) is 9.59 Å². The number of rotatable bonds is 1. The molecule has 3 aliphatic carbocycles. The van der Waals surface area contributed by atoms with Crippen LogP contribution in [0.2, 0.25) is 0 Å². The van der Waals surface area contributed by atoms with Gasteiger partial charge < -0.3 is 4.74 Å². The van der Waals surface area contributed by atoms with Crippen molar-refractivity contribution in [3.63, 3.8) is 0 Å². The minimum Gasteiger partial charge on any atom is -0.469 e. The molecule has 0 unspecified atom stereocenters. The molecule has 18 heavy (non-hydrogen) atoms. The summed E-state index contributed by atoms with van der Waals surface area (Å²) in [7, 11) is 1.47. The fourth-order valence-corrected chi connectivity index (χ4v) is 5.41. The highest BCUT2D eigenvalue weighted by atomic mass is 16.5. The molecule has 0 spiro atoms. The average molecular weight is 250 g/mol. The summed E-state index contributed by atoms with van der Waals surface area (Å²) in [5.74, 6) is 2.07. The molecule has 0 aromatic heterocycles. The number of hydrogen-bond acceptors (Lipinski definition) is 3. The number of hydrogen-bond donors (Lipinski definition) is 0. The van der Waals surface area contributed by atoms with Crippen molar-refractivity contribution in [2.75, 3.05) is 7.11 Å². The molecule has 0 radical (unpaired) electrons. The van der Waals surface area contributed by atoms with Crippen molar-refractivity contribution < 1.29 is 14.3 Å². The Hall–Kier alpha value is -0.860. The Labute approximate surface area is 108 Å². The van der Waals surface area contributed by atoms with Gasteiger partial charge in [-0.1, -0.05) is 13.8 Å². The van der Waals surface area contributed by atoms with E-state index in [0.29, 0.717) is 36.4 Å². The van der Waals surface area contributed by atoms with Crippen LogP contribution in [0.15, 0.2) is 0 Å². The lowest BCUT2D eigenvalue weighted by Gasteiger charge is -2.35. The van der Waals surface area contributed by atoms with Crippen molar-refractivity contribution >= 4 is 11.8 Å². The Morgan fingerprint density at radius 1 is 1.22 bits per heavy atom. The average Bonchev–Trinajstić information content (AvgIpc) is 2.80. The highest BCUT2D eigenvalue weighted by molar-refractivity contribution is 5.82. The lowest BCUT2D eigenvalue weighted by Crippen LogP contribution is -2.35. The number of ketones is 1. The number of esters is 1. The van der Waals surface area contributed by atoms with Gasteiger partial charge in [-0.15, -0.1) is 0 Å². The summed E-state index contributed by atoms with van der Waals surface area (Å²) in [6, 6.07) is 0. The molecule has 0 aromatic carbocycles. The molecule has 3 rings (SSSR count). The molecule has 100 valence electrons. The van der Waals surface area contributed by atoms with Gasteiger partial charge in [0.05, 0.1) is 13.0 Å². The van der Waals surface area contributed by atoms with E-state index in [1.165, 1.54) is 13.5 Å². The molecule has 0 amide bonds. The van der Waals surface area contributed by atoms with Crippen LogP contribution < -0.4 is 0 Å². The Balaban J connectivity index is 2.01. The van der Waals surface area contributed by atoms with Gasteiger partial charge in [0.2, 0.25) is 0 Å². The zero-order chi connectivity index (χ0) is 13.1. The van der Waals surface area contributed by atoms with Crippen molar-refractivity contribution in [1.29, 1.82) is 0 Å². The van der Waals surface area contributed by atoms with E-state index in [0.717, 1.165) is 6.42 Å². The summed E-state index contributed by atoms with van der Waals surface area (Å²) in [5, 5.41) is 0. The van der Waals surface area contributed by atoms with E-state index in [2.05, 4.69) is 13.8 Å². The summed E-state index contributed by atoms with van der Waals surface area (Å²) < 4.78 is 4.99. The van der Waals surface area contributed by atoms with Gasteiger partial charge in [0.15, 0.2) is 0 Å². The third-order valence-corrected chi connectivity index (χ3v) is 5.72. The van der Waals surface area contributed by atoms with Crippen molar-refractivity contribution in [3.8, 4) is 0 Å². The highest BCUT2D eigenvalue weighted by Crippen LogP contribution is 2.65. The van der Waals surface area contributed by atoms with E-state index in [1.807, 2.05) is 0 Å². The first kappa shape index (κ1) is 12.2. The van der Waals surface area contributed by atoms with Crippen molar-refractivity contribution in [2.45, 2.75) is 39.5 Å². The molecule has 3 fully saturated rings. The number of carbonyl (C=O) groups excluding carboxylic acids is 2. The standard InChI is InChI=1S/C15H22O3/c1-15(2)7-8(16)6-11-9-4-5-10(13(9)15)12(11)14(17)18-3/h9-13H,4-7H2,1-3H3/t9-,10+,11-,12-,13+/m0/s1. The van der Waals surface area contributed by atoms with Gasteiger partial charge in [0.1, 0.15) is 5.78 Å². The number of carbonyl (C=O) groups is 2. The first-order chi connectivity index (χ1) is 8.45. The number of ether oxygens (including phenoxy) is 1. The van der Waals surface area contributed by atoms with Crippen LogP contribution in [0.3, 0.4) is 0 Å². The summed E-state index contributed by atoms with van der Waals surface area (Å²) in [5.41, 5.74) is 0.0560. The second-order valence-electron chi connectivity index (χ2n) is 7.05. The normalized spacial score (nSPS) is 44.8. The lowest BCUT2D eigenvalue weighted by molar-refractivity contribution is -0.150. The van der Waals surface area contributed by atoms with Crippen molar-refractivity contribution in [1.82, 2.24) is 0 Å². The smallest absolute Gasteiger partial charge is 0.309 e. The number of methoxy groups -OCH3 is 1. The molecule has 3 heteroatoms. The molecule has 0 saturated heterocycles. The molecular formula is C15H22O3. The van der Waals surface area contributed by atoms with E-state index >= 15 is 0 Å². The van der Waals surface area contributed by atoms with Crippen LogP contribution in [0.25, 0.3) is 0 Å². The summed E-state index contributed by atoms with van der Waals surface area (Å²) in [6.07, 6.45) is 3.63. The monoisotopic (exact) mass is 250 g/mol. The Bertz CT molecular complexity index is 399. The molecular weight excluding hydrogens is 228 g/mol. The molecule has 3 nitrogen and oxygen atoms in total. The fraction of sp³-hybridized carbons (Fsp3) is 0.867. The Morgan fingerprint density at radius 2 is 1.89 bits per heavy atom. The predicted octanol–water partition coefficient (Wildman–Crippen LogP) is 2.44. The maximum Gasteiger partial charge on any atom is 0.309 e. The zero-order valence-electron chi connectivity index (χ0n) is 11.4. The third-order valence-electron chi connectivity index (χ3n) is 5.72. The molecule has 3 aliphatic rings. The Morgan fingerprint density at radius 3 is 2.56 bits per heavy atom. The quantitative estimate of drug-likeness (QED) is 0.671. The molecule has 0 heterocycles. The van der Waals surface area contributed by atoms with Crippen LogP contribution in [0, 0.1) is 35.0 Å². The van der Waals surface area contributed by atoms with E-state index in [1.54, 1.807) is 0 Å². The zero-order valence-corrected chi connectivity index (χ0v) is 11.4. The highest BCUT2D eigenvalue weighted by Gasteiger charge is 2.62. The van der Waals surface area contributed by atoms with Crippen LogP contribution in [0.1, 0.15) is 39.5 Å². The molecule has 4 bridgehead atoms. The van der Waals surface area contributed by atoms with Gasteiger partial charge >= 0.3 is 5.97 Å².